The van der Waals surface area contributed by atoms with Gasteiger partial charge in [0.25, 0.3) is 11.5 Å². The number of para-hydroxylation sites is 1. The fraction of sp³-hybridized carbons (Fsp3) is 0.176. The third-order valence-electron chi connectivity index (χ3n) is 3.98. The lowest BCUT2D eigenvalue weighted by atomic mass is 10.2. The summed E-state index contributed by atoms with van der Waals surface area (Å²) in [4.78, 5) is 35.0. The van der Waals surface area contributed by atoms with Crippen LogP contribution in [-0.4, -0.2) is 20.4 Å². The number of aryl methyl sites for hydroxylation is 2. The number of rotatable bonds is 3. The van der Waals surface area contributed by atoms with E-state index in [-0.39, 0.29) is 11.5 Å². The Morgan fingerprint density at radius 1 is 1.28 bits per heavy atom. The van der Waals surface area contributed by atoms with Crippen LogP contribution in [0.4, 0.5) is 5.13 Å². The van der Waals surface area contributed by atoms with Gasteiger partial charge in [0.05, 0.1) is 26.8 Å². The summed E-state index contributed by atoms with van der Waals surface area (Å²) < 4.78 is 2.55. The van der Waals surface area contributed by atoms with Gasteiger partial charge in [-0.15, -0.1) is 11.3 Å². The third kappa shape index (κ3) is 2.63. The molecule has 1 aromatic carbocycles. The van der Waals surface area contributed by atoms with Gasteiger partial charge in [0.1, 0.15) is 4.83 Å². The van der Waals surface area contributed by atoms with Crippen LogP contribution in [0, 0.1) is 6.92 Å². The van der Waals surface area contributed by atoms with Crippen molar-refractivity contribution in [2.75, 3.05) is 5.32 Å². The molecular weight excluding hydrogens is 356 g/mol. The average Bonchev–Trinajstić information content (AvgIpc) is 3.16. The molecule has 0 saturated carbocycles. The largest absolute Gasteiger partial charge is 0.299 e. The first-order valence-electron chi connectivity index (χ1n) is 7.74. The second-order valence-corrected chi connectivity index (χ2v) is 7.54. The summed E-state index contributed by atoms with van der Waals surface area (Å²) in [6.07, 6.45) is 1.52. The van der Waals surface area contributed by atoms with Crippen molar-refractivity contribution in [2.24, 2.45) is 0 Å². The number of aromatic nitrogens is 3. The number of fused-ring (bicyclic) bond motifs is 2. The van der Waals surface area contributed by atoms with Crippen LogP contribution in [0.5, 0.6) is 0 Å². The zero-order valence-corrected chi connectivity index (χ0v) is 15.2. The first-order valence-corrected chi connectivity index (χ1v) is 9.37. The molecule has 4 rings (SSSR count). The van der Waals surface area contributed by atoms with E-state index in [0.29, 0.717) is 32.3 Å². The highest BCUT2D eigenvalue weighted by Crippen LogP contribution is 2.29. The molecule has 8 heteroatoms. The number of hydrogen-bond donors (Lipinski definition) is 1. The van der Waals surface area contributed by atoms with E-state index in [0.717, 1.165) is 10.2 Å². The molecule has 0 aliphatic heterocycles. The number of hydrogen-bond acceptors (Lipinski definition) is 6. The Kier molecular flexibility index (Phi) is 3.85. The van der Waals surface area contributed by atoms with E-state index >= 15 is 0 Å². The lowest BCUT2D eigenvalue weighted by Gasteiger charge is -2.01. The van der Waals surface area contributed by atoms with Gasteiger partial charge in [0, 0.05) is 6.54 Å². The van der Waals surface area contributed by atoms with Crippen molar-refractivity contribution in [3.05, 3.63) is 51.4 Å². The van der Waals surface area contributed by atoms with E-state index < -0.39 is 0 Å². The van der Waals surface area contributed by atoms with Crippen molar-refractivity contribution in [3.8, 4) is 0 Å². The molecule has 6 nitrogen and oxygen atoms in total. The van der Waals surface area contributed by atoms with Crippen LogP contribution < -0.4 is 10.9 Å². The predicted octanol–water partition coefficient (Wildman–Crippen LogP) is 3.65. The third-order valence-corrected chi connectivity index (χ3v) is 6.13. The number of nitrogens with one attached hydrogen (secondary N) is 1. The number of amides is 1. The molecule has 25 heavy (non-hydrogen) atoms. The summed E-state index contributed by atoms with van der Waals surface area (Å²) in [5.41, 5.74) is 1.41. The molecule has 0 aliphatic carbocycles. The van der Waals surface area contributed by atoms with Crippen LogP contribution in [0.2, 0.25) is 0 Å². The van der Waals surface area contributed by atoms with Gasteiger partial charge >= 0.3 is 0 Å². The molecule has 3 heterocycles. The maximum absolute atomic E-state index is 12.7. The van der Waals surface area contributed by atoms with Crippen LogP contribution >= 0.6 is 22.7 Å². The van der Waals surface area contributed by atoms with Crippen molar-refractivity contribution in [1.29, 1.82) is 0 Å². The molecule has 3 aromatic heterocycles. The summed E-state index contributed by atoms with van der Waals surface area (Å²) in [7, 11) is 0. The van der Waals surface area contributed by atoms with Crippen LogP contribution in [0.1, 0.15) is 22.2 Å². The normalized spacial score (nSPS) is 11.3. The molecular formula is C17H14N4O2S2. The molecule has 126 valence electrons. The minimum atomic E-state index is -0.262. The Morgan fingerprint density at radius 3 is 2.84 bits per heavy atom. The highest BCUT2D eigenvalue weighted by molar-refractivity contribution is 7.23. The number of anilines is 1. The number of nitrogens with zero attached hydrogens (tertiary/aromatic N) is 3. The van der Waals surface area contributed by atoms with Gasteiger partial charge in [-0.2, -0.15) is 0 Å². The number of carbonyl (C=O) groups excluding carboxylic acids is 1. The summed E-state index contributed by atoms with van der Waals surface area (Å²) >= 11 is 2.65. The van der Waals surface area contributed by atoms with Crippen molar-refractivity contribution in [1.82, 2.24) is 14.5 Å². The SMILES string of the molecule is CCn1cnc2sc(C(=O)Nc3nc4ccccc4s3)c(C)c2c1=O. The average molecular weight is 370 g/mol. The summed E-state index contributed by atoms with van der Waals surface area (Å²) in [5, 5.41) is 3.90. The van der Waals surface area contributed by atoms with Crippen molar-refractivity contribution in [2.45, 2.75) is 20.4 Å². The number of benzene rings is 1. The van der Waals surface area contributed by atoms with Gasteiger partial charge in [-0.05, 0) is 31.5 Å². The van der Waals surface area contributed by atoms with Gasteiger partial charge in [-0.25, -0.2) is 9.97 Å². The fourth-order valence-electron chi connectivity index (χ4n) is 2.68. The van der Waals surface area contributed by atoms with E-state index in [1.165, 1.54) is 33.6 Å². The maximum Gasteiger partial charge on any atom is 0.267 e. The highest BCUT2D eigenvalue weighted by Gasteiger charge is 2.20. The van der Waals surface area contributed by atoms with Crippen molar-refractivity contribution >= 4 is 54.1 Å². The molecule has 0 bridgehead atoms. The molecule has 1 N–H and O–H groups in total. The predicted molar refractivity (Wildman–Crippen MR) is 102 cm³/mol. The Bertz CT molecular complexity index is 1140. The smallest absolute Gasteiger partial charge is 0.267 e. The van der Waals surface area contributed by atoms with Crippen molar-refractivity contribution < 1.29 is 4.79 Å². The van der Waals surface area contributed by atoms with Gasteiger partial charge < -0.3 is 0 Å². The van der Waals surface area contributed by atoms with Crippen molar-refractivity contribution in [3.63, 3.8) is 0 Å². The maximum atomic E-state index is 12.7. The Morgan fingerprint density at radius 2 is 2.08 bits per heavy atom. The van der Waals surface area contributed by atoms with E-state index in [1.807, 2.05) is 31.2 Å². The fourth-order valence-corrected chi connectivity index (χ4v) is 4.58. The van der Waals surface area contributed by atoms with E-state index in [9.17, 15) is 9.59 Å². The number of thiazole rings is 1. The second kappa shape index (κ2) is 6.05. The quantitative estimate of drug-likeness (QED) is 0.597. The monoisotopic (exact) mass is 370 g/mol. The molecule has 0 saturated heterocycles. The molecule has 0 unspecified atom stereocenters. The minimum Gasteiger partial charge on any atom is -0.299 e. The number of thiophene rings is 1. The molecule has 0 radical (unpaired) electrons. The number of carbonyl (C=O) groups is 1. The van der Waals surface area contributed by atoms with E-state index in [2.05, 4.69) is 15.3 Å². The molecule has 0 aliphatic rings. The molecule has 0 atom stereocenters. The van der Waals surface area contributed by atoms with Gasteiger partial charge in [-0.3, -0.25) is 19.5 Å². The lowest BCUT2D eigenvalue weighted by molar-refractivity contribution is 0.103. The van der Waals surface area contributed by atoms with Crippen LogP contribution in [0.25, 0.3) is 20.4 Å². The van der Waals surface area contributed by atoms with Gasteiger partial charge in [-0.1, -0.05) is 23.5 Å². The zero-order valence-electron chi connectivity index (χ0n) is 13.6. The first-order chi connectivity index (χ1) is 12.1. The van der Waals surface area contributed by atoms with Gasteiger partial charge in [0.15, 0.2) is 5.13 Å². The second-order valence-electron chi connectivity index (χ2n) is 5.51. The Labute approximate surface area is 150 Å². The first kappa shape index (κ1) is 15.9. The zero-order chi connectivity index (χ0) is 17.6. The Balaban J connectivity index is 1.73. The molecule has 0 spiro atoms. The molecule has 0 fully saturated rings. The Hall–Kier alpha value is -2.58. The van der Waals surface area contributed by atoms with E-state index in [4.69, 9.17) is 0 Å². The van der Waals surface area contributed by atoms with Crippen LogP contribution in [0.15, 0.2) is 35.4 Å². The summed E-state index contributed by atoms with van der Waals surface area (Å²) in [6.45, 7) is 4.22. The highest BCUT2D eigenvalue weighted by atomic mass is 32.1. The lowest BCUT2D eigenvalue weighted by Crippen LogP contribution is -2.19. The van der Waals surface area contributed by atoms with Crippen LogP contribution in [-0.2, 0) is 6.54 Å². The standard InChI is InChI=1S/C17H14N4O2S2/c1-3-21-8-18-15-12(16(21)23)9(2)13(25-15)14(22)20-17-19-10-6-4-5-7-11(10)24-17/h4-8H,3H2,1-2H3,(H,19,20,22). The minimum absolute atomic E-state index is 0.111. The summed E-state index contributed by atoms with van der Waals surface area (Å²) in [5.74, 6) is -0.262. The molecule has 1 amide bonds. The topological polar surface area (TPSA) is 76.9 Å². The van der Waals surface area contributed by atoms with Gasteiger partial charge in [0.2, 0.25) is 0 Å². The summed E-state index contributed by atoms with van der Waals surface area (Å²) in [6, 6.07) is 7.72. The van der Waals surface area contributed by atoms with E-state index in [1.54, 1.807) is 6.92 Å². The van der Waals surface area contributed by atoms with Crippen LogP contribution in [0.3, 0.4) is 0 Å². The molecule has 4 aromatic rings.